The summed E-state index contributed by atoms with van der Waals surface area (Å²) < 4.78 is 7.45. The maximum atomic E-state index is 7.45. The Labute approximate surface area is 51.1 Å². The topological polar surface area (TPSA) is 24.1 Å². The fourth-order valence-electron chi connectivity index (χ4n) is 1.49. The third kappa shape index (κ3) is 0.644. The molecule has 3 fully saturated rings. The third-order valence-electron chi connectivity index (χ3n) is 2.07. The van der Waals surface area contributed by atoms with Gasteiger partial charge in [-0.3, -0.25) is 0 Å². The van der Waals surface area contributed by atoms with Crippen LogP contribution < -0.4 is 10.6 Å². The molecule has 3 aliphatic heterocycles. The molecule has 0 amide bonds. The summed E-state index contributed by atoms with van der Waals surface area (Å²) in [5.41, 5.74) is 0. The Morgan fingerprint density at radius 2 is 2.12 bits per heavy atom. The van der Waals surface area contributed by atoms with Gasteiger partial charge < -0.3 is 10.6 Å². The second-order valence-electron chi connectivity index (χ2n) is 2.70. The highest BCUT2D eigenvalue weighted by Gasteiger charge is 2.25. The molecular formula is C6H12N2. The number of piperazine rings is 1. The van der Waals surface area contributed by atoms with Crippen LogP contribution >= 0.6 is 0 Å². The van der Waals surface area contributed by atoms with Crippen LogP contribution in [0.25, 0.3) is 0 Å². The lowest BCUT2D eigenvalue weighted by atomic mass is 9.96. The van der Waals surface area contributed by atoms with Crippen molar-refractivity contribution in [2.24, 2.45) is 0 Å². The van der Waals surface area contributed by atoms with Crippen molar-refractivity contribution in [3.05, 3.63) is 0 Å². The summed E-state index contributed by atoms with van der Waals surface area (Å²) in [5.74, 6) is 0. The Kier molecular flexibility index (Phi) is 0.822. The fourth-order valence-corrected chi connectivity index (χ4v) is 1.49. The van der Waals surface area contributed by atoms with Gasteiger partial charge in [0.2, 0.25) is 0 Å². The van der Waals surface area contributed by atoms with E-state index in [0.717, 1.165) is 13.1 Å². The summed E-state index contributed by atoms with van der Waals surface area (Å²) in [6, 6.07) is 1.13. The van der Waals surface area contributed by atoms with Crippen LogP contribution in [0.15, 0.2) is 0 Å². The summed E-state index contributed by atoms with van der Waals surface area (Å²) in [5, 5.41) is 5.11. The highest BCUT2D eigenvalue weighted by atomic mass is 15.1. The van der Waals surface area contributed by atoms with Gasteiger partial charge in [-0.15, -0.1) is 0 Å². The van der Waals surface area contributed by atoms with E-state index >= 15 is 0 Å². The van der Waals surface area contributed by atoms with Crippen molar-refractivity contribution in [1.29, 1.82) is 0 Å². The number of rotatable bonds is 0. The van der Waals surface area contributed by atoms with Gasteiger partial charge in [0.15, 0.2) is 0 Å². The highest BCUT2D eigenvalue weighted by molar-refractivity contribution is 4.89. The lowest BCUT2D eigenvalue weighted by molar-refractivity contribution is 0.251. The zero-order valence-corrected chi connectivity index (χ0v) is 4.93. The molecule has 2 unspecified atom stereocenters. The Hall–Kier alpha value is -0.0800. The van der Waals surface area contributed by atoms with Crippen molar-refractivity contribution in [3.8, 4) is 0 Å². The molecule has 2 bridgehead atoms. The third-order valence-corrected chi connectivity index (χ3v) is 2.07. The Morgan fingerprint density at radius 3 is 2.38 bits per heavy atom. The van der Waals surface area contributed by atoms with Crippen molar-refractivity contribution < 1.29 is 1.41 Å². The standard InChI is InChI=1S/C6H12N2/c1-2-6-4-7-5(1)3-8-6/h5-8H,1-4H2/i/hD. The molecule has 0 aromatic carbocycles. The fraction of sp³-hybridized carbons (Fsp3) is 1.00. The first-order valence-electron chi connectivity index (χ1n) is 3.80. The lowest BCUT2D eigenvalue weighted by Crippen LogP contribution is -2.58. The molecule has 3 aliphatic rings. The van der Waals surface area contributed by atoms with Crippen molar-refractivity contribution in [2.75, 3.05) is 13.1 Å². The molecule has 2 heteroatoms. The molecule has 0 aromatic heterocycles. The molecule has 0 aliphatic carbocycles. The Balaban J connectivity index is 2.06. The molecule has 2 atom stereocenters. The van der Waals surface area contributed by atoms with Gasteiger partial charge in [-0.2, -0.15) is 0 Å². The minimum absolute atomic E-state index is 0.509. The number of hydrogen-bond donors (Lipinski definition) is 2. The van der Waals surface area contributed by atoms with Gasteiger partial charge in [-0.05, 0) is 12.8 Å². The summed E-state index contributed by atoms with van der Waals surface area (Å²) in [4.78, 5) is 0. The summed E-state index contributed by atoms with van der Waals surface area (Å²) in [6.45, 7) is 1.97. The predicted octanol–water partition coefficient (Wildman–Crippen LogP) is -0.290. The lowest BCUT2D eigenvalue weighted by Gasteiger charge is -2.37. The first-order valence-corrected chi connectivity index (χ1v) is 3.35. The van der Waals surface area contributed by atoms with Gasteiger partial charge in [0, 0.05) is 25.2 Å². The normalized spacial score (nSPS) is 49.2. The van der Waals surface area contributed by atoms with E-state index < -0.39 is 0 Å². The van der Waals surface area contributed by atoms with E-state index in [1.807, 2.05) is 0 Å². The van der Waals surface area contributed by atoms with Crippen LogP contribution in [0.5, 0.6) is 0 Å². The van der Waals surface area contributed by atoms with Gasteiger partial charge in [-0.25, -0.2) is 0 Å². The molecule has 0 spiro atoms. The van der Waals surface area contributed by atoms with Crippen LogP contribution in [0.2, 0.25) is 1.41 Å². The van der Waals surface area contributed by atoms with Crippen molar-refractivity contribution in [1.82, 2.24) is 10.6 Å². The molecule has 8 heavy (non-hydrogen) atoms. The second kappa shape index (κ2) is 1.71. The van der Waals surface area contributed by atoms with E-state index in [0.29, 0.717) is 12.1 Å². The van der Waals surface area contributed by atoms with Crippen LogP contribution in [0.4, 0.5) is 0 Å². The molecule has 0 aromatic rings. The average Bonchev–Trinajstić information content (AvgIpc) is 1.90. The highest BCUT2D eigenvalue weighted by Crippen LogP contribution is 2.12. The maximum absolute atomic E-state index is 7.45. The summed E-state index contributed by atoms with van der Waals surface area (Å²) in [7, 11) is 0. The van der Waals surface area contributed by atoms with E-state index in [9.17, 15) is 0 Å². The van der Waals surface area contributed by atoms with Gasteiger partial charge in [-0.1, -0.05) is 0 Å². The first-order chi connectivity index (χ1) is 4.36. The van der Waals surface area contributed by atoms with E-state index in [2.05, 4.69) is 5.32 Å². The summed E-state index contributed by atoms with van der Waals surface area (Å²) in [6.07, 6.45) is 2.50. The Morgan fingerprint density at radius 1 is 1.25 bits per heavy atom. The van der Waals surface area contributed by atoms with Gasteiger partial charge in [0.05, 0.1) is 0 Å². The zero-order chi connectivity index (χ0) is 6.27. The molecule has 3 saturated heterocycles. The van der Waals surface area contributed by atoms with Gasteiger partial charge >= 0.3 is 0 Å². The molecule has 3 heterocycles. The van der Waals surface area contributed by atoms with Crippen LogP contribution in [-0.2, 0) is 0 Å². The first kappa shape index (κ1) is 3.85. The van der Waals surface area contributed by atoms with E-state index in [1.54, 1.807) is 5.31 Å². The monoisotopic (exact) mass is 113 g/mol. The molecule has 0 radical (unpaired) electrons. The van der Waals surface area contributed by atoms with Crippen LogP contribution in [0, 0.1) is 0 Å². The largest absolute Gasteiger partial charge is 0.311 e. The number of piperidine rings is 2. The SMILES string of the molecule is [2H]N1CC2CCC1CN2. The number of fused-ring (bicyclic) bond motifs is 3. The van der Waals surface area contributed by atoms with Crippen molar-refractivity contribution in [3.63, 3.8) is 0 Å². The number of nitrogens with one attached hydrogen (secondary N) is 2. The molecule has 3 rings (SSSR count). The van der Waals surface area contributed by atoms with E-state index in [-0.39, 0.29) is 0 Å². The zero-order valence-electron chi connectivity index (χ0n) is 5.93. The van der Waals surface area contributed by atoms with Crippen LogP contribution in [0.1, 0.15) is 12.8 Å². The van der Waals surface area contributed by atoms with Gasteiger partial charge in [0.1, 0.15) is 1.41 Å². The molecule has 2 nitrogen and oxygen atoms in total. The van der Waals surface area contributed by atoms with Crippen molar-refractivity contribution in [2.45, 2.75) is 24.9 Å². The van der Waals surface area contributed by atoms with E-state index in [1.165, 1.54) is 12.8 Å². The minimum Gasteiger partial charge on any atom is -0.311 e. The van der Waals surface area contributed by atoms with Crippen LogP contribution in [0.3, 0.4) is 0 Å². The number of hydrogen-bond acceptors (Lipinski definition) is 2. The van der Waals surface area contributed by atoms with Gasteiger partial charge in [0.25, 0.3) is 0 Å². The average molecular weight is 113 g/mol. The minimum atomic E-state index is 0.509. The maximum Gasteiger partial charge on any atom is 0.123 e. The van der Waals surface area contributed by atoms with Crippen LogP contribution in [-0.4, -0.2) is 25.2 Å². The second-order valence-corrected chi connectivity index (χ2v) is 2.70. The molecule has 46 valence electrons. The Bertz CT molecular complexity index is 110. The quantitative estimate of drug-likeness (QED) is 0.451. The smallest absolute Gasteiger partial charge is 0.123 e. The molecule has 0 saturated carbocycles. The van der Waals surface area contributed by atoms with E-state index in [4.69, 9.17) is 1.41 Å². The van der Waals surface area contributed by atoms with Crippen molar-refractivity contribution >= 4 is 0 Å². The molecular weight excluding hydrogens is 100 g/mol. The predicted molar refractivity (Wildman–Crippen MR) is 32.8 cm³/mol. The molecule has 2 N–H and O–H groups in total. The summed E-state index contributed by atoms with van der Waals surface area (Å²) >= 11 is 0.